The number of hydrogen-bond acceptors (Lipinski definition) is 5. The van der Waals surface area contributed by atoms with Gasteiger partial charge in [0, 0.05) is 13.5 Å². The van der Waals surface area contributed by atoms with Gasteiger partial charge >= 0.3 is 6.11 Å². The SMILES string of the molecule is COCC(O)(F)F.OCC(O)COC[C-](F)F.[Rf]. The molecule has 1 atom stereocenters. The molecule has 0 aromatic rings. The topological polar surface area (TPSA) is 79.2 Å². The molecule has 0 spiro atoms. The average molecular weight is 534 g/mol. The molecule has 0 fully saturated rings. The first-order valence-corrected chi connectivity index (χ1v) is 4.35. The fourth-order valence-electron chi connectivity index (χ4n) is 0.498. The van der Waals surface area contributed by atoms with Gasteiger partial charge in [-0.1, -0.05) is 0 Å². The van der Waals surface area contributed by atoms with Crippen molar-refractivity contribution < 1.29 is 42.4 Å². The summed E-state index contributed by atoms with van der Waals surface area (Å²) in [7, 11) is 1.09. The maximum atomic E-state index is 11.2. The third-order valence-electron chi connectivity index (χ3n) is 1.05. The number of methoxy groups -OCH3 is 1. The molecule has 1 unspecified atom stereocenters. The van der Waals surface area contributed by atoms with Crippen molar-refractivity contribution in [2.45, 2.75) is 12.2 Å². The van der Waals surface area contributed by atoms with Crippen molar-refractivity contribution in [2.75, 3.05) is 33.5 Å². The smallest absolute Gasteiger partial charge is 0.376 e. The second-order valence-corrected chi connectivity index (χ2v) is 2.79. The van der Waals surface area contributed by atoms with Crippen molar-refractivity contribution in [3.63, 3.8) is 0 Å². The molecule has 0 aromatic heterocycles. The zero-order chi connectivity index (χ0) is 13.9. The molecule has 18 heavy (non-hydrogen) atoms. The maximum absolute atomic E-state index is 11.2. The van der Waals surface area contributed by atoms with Gasteiger partial charge in [-0.25, -0.2) is 0 Å². The summed E-state index contributed by atoms with van der Waals surface area (Å²) in [4.78, 5) is 0. The minimum Gasteiger partial charge on any atom is -0.419 e. The Morgan fingerprint density at radius 1 is 1.33 bits per heavy atom. The van der Waals surface area contributed by atoms with Crippen LogP contribution in [0.3, 0.4) is 0 Å². The fraction of sp³-hybridized carbons (Fsp3) is 0.875. The average Bonchev–Trinajstić information content (AvgIpc) is 2.16. The number of halogens is 4. The van der Waals surface area contributed by atoms with Gasteiger partial charge < -0.3 is 33.6 Å². The van der Waals surface area contributed by atoms with Gasteiger partial charge in [0.2, 0.25) is 0 Å². The molecule has 0 amide bonds. The van der Waals surface area contributed by atoms with Crippen molar-refractivity contribution in [1.29, 1.82) is 0 Å². The van der Waals surface area contributed by atoms with Crippen LogP contribution in [0.2, 0.25) is 0 Å². The fourth-order valence-corrected chi connectivity index (χ4v) is 0.498. The molecule has 0 saturated carbocycles. The van der Waals surface area contributed by atoms with Gasteiger partial charge in [0.1, 0.15) is 12.7 Å². The summed E-state index contributed by atoms with van der Waals surface area (Å²) in [6, 6.07) is 0. The van der Waals surface area contributed by atoms with Crippen molar-refractivity contribution in [3.05, 3.63) is 6.43 Å². The summed E-state index contributed by atoms with van der Waals surface area (Å²) < 4.78 is 52.9. The third-order valence-corrected chi connectivity index (χ3v) is 1.05. The van der Waals surface area contributed by atoms with E-state index in [1.54, 1.807) is 0 Å². The van der Waals surface area contributed by atoms with Gasteiger partial charge in [0.15, 0.2) is 0 Å². The van der Waals surface area contributed by atoms with Gasteiger partial charge in [0.25, 0.3) is 0 Å². The molecule has 0 aliphatic rings. The Morgan fingerprint density at radius 3 is 2.06 bits per heavy atom. The number of ether oxygens (including phenoxy) is 2. The second kappa shape index (κ2) is 12.0. The van der Waals surface area contributed by atoms with Crippen LogP contribution < -0.4 is 0 Å². The van der Waals surface area contributed by atoms with Crippen LogP contribution in [0.25, 0.3) is 0 Å². The van der Waals surface area contributed by atoms with E-state index in [1.165, 1.54) is 0 Å². The van der Waals surface area contributed by atoms with E-state index in [0.717, 1.165) is 7.11 Å². The number of aliphatic hydroxyl groups is 3. The van der Waals surface area contributed by atoms with E-state index in [4.69, 9.17) is 15.3 Å². The van der Waals surface area contributed by atoms with E-state index in [2.05, 4.69) is 9.47 Å². The summed E-state index contributed by atoms with van der Waals surface area (Å²) >= 11 is 0. The Morgan fingerprint density at radius 2 is 1.83 bits per heavy atom. The normalized spacial score (nSPS) is 12.5. The molecule has 10 heteroatoms. The second-order valence-electron chi connectivity index (χ2n) is 2.79. The van der Waals surface area contributed by atoms with Crippen LogP contribution in [0.15, 0.2) is 0 Å². The Hall–Kier alpha value is -1.48. The number of alkyl halides is 2. The van der Waals surface area contributed by atoms with Crippen molar-refractivity contribution in [2.24, 2.45) is 0 Å². The molecule has 3 N–H and O–H groups in total. The van der Waals surface area contributed by atoms with Gasteiger partial charge in [-0.15, -0.1) is 0 Å². The zero-order valence-corrected chi connectivity index (χ0v) is 16.2. The molecule has 0 heterocycles. The summed E-state index contributed by atoms with van der Waals surface area (Å²) in [5, 5.41) is 24.3. The molecule has 0 aliphatic carbocycles. The summed E-state index contributed by atoms with van der Waals surface area (Å²) in [6.07, 6.45) is -6.58. The van der Waals surface area contributed by atoms with Gasteiger partial charge in [-0.3, -0.25) is 0 Å². The van der Waals surface area contributed by atoms with Crippen LogP contribution >= 0.6 is 0 Å². The Labute approximate surface area is 95.6 Å². The van der Waals surface area contributed by atoms with Gasteiger partial charge in [-0.2, -0.15) is 8.78 Å². The molecule has 0 saturated heterocycles. The van der Waals surface area contributed by atoms with Crippen molar-refractivity contribution in [3.8, 4) is 0 Å². The van der Waals surface area contributed by atoms with Crippen LogP contribution in [0.5, 0.6) is 0 Å². The Bertz CT molecular complexity index is 170. The Balaban J connectivity index is -0.000000251. The predicted octanol–water partition coefficient (Wildman–Crippen LogP) is 0.00259. The van der Waals surface area contributed by atoms with E-state index >= 15 is 0 Å². The number of aliphatic hydroxyl groups excluding tert-OH is 2. The van der Waals surface area contributed by atoms with Crippen LogP contribution in [0, 0.1) is 6.43 Å². The van der Waals surface area contributed by atoms with E-state index in [1.807, 2.05) is 0 Å². The molecule has 0 aromatic carbocycles. The van der Waals surface area contributed by atoms with Crippen molar-refractivity contribution >= 4 is 0 Å². The van der Waals surface area contributed by atoms with Crippen LogP contribution in [-0.4, -0.2) is 61.1 Å². The molecule has 0 radical (unpaired) electrons. The summed E-state index contributed by atoms with van der Waals surface area (Å²) in [6.45, 7) is -2.47. The first-order valence-electron chi connectivity index (χ1n) is 4.35. The Kier molecular flexibility index (Phi) is 14.5. The van der Waals surface area contributed by atoms with Crippen molar-refractivity contribution in [1.82, 2.24) is 0 Å². The minimum absolute atomic E-state index is 0. The zero-order valence-electron chi connectivity index (χ0n) is 9.78. The molecular weight excluding hydrogens is 519 g/mol. The first-order chi connectivity index (χ1) is 7.72. The number of hydrogen-bond donors (Lipinski definition) is 3. The summed E-state index contributed by atoms with van der Waals surface area (Å²) in [5.41, 5.74) is 0. The first kappa shape index (κ1) is 21.8. The third kappa shape index (κ3) is 24.0. The minimum atomic E-state index is -3.67. The number of rotatable bonds is 7. The van der Waals surface area contributed by atoms with Crippen LogP contribution in [0.4, 0.5) is 17.6 Å². The van der Waals surface area contributed by atoms with E-state index in [-0.39, 0.29) is 6.61 Å². The monoisotopic (exact) mass is 534 g/mol. The molecule has 0 rings (SSSR count). The van der Waals surface area contributed by atoms with E-state index in [9.17, 15) is 17.6 Å². The quantitative estimate of drug-likeness (QED) is 0.317. The van der Waals surface area contributed by atoms with Crippen LogP contribution in [0.1, 0.15) is 0 Å². The molecule has 0 aliphatic heterocycles. The molecular formula is C8H15F4O5Rf-. The predicted molar refractivity (Wildman–Crippen MR) is 48.4 cm³/mol. The van der Waals surface area contributed by atoms with Crippen LogP contribution in [-0.2, 0) is 9.47 Å². The molecule has 5 nitrogen and oxygen atoms in total. The standard InChI is InChI=1S/C5H9F2O3.C3H6F2O2.Rf/c6-5(7)3-10-2-4(9)1-8;1-7-2-3(4,5)6;/h4,8-9H,1-3H2;6H,2H2,1H3;/q-1;;. The molecule has 108 valence electrons. The van der Waals surface area contributed by atoms with E-state index < -0.39 is 38.5 Å². The van der Waals surface area contributed by atoms with Gasteiger partial charge in [0.05, 0.1) is 13.2 Å². The van der Waals surface area contributed by atoms with Gasteiger partial charge in [-0.05, 0) is 6.61 Å². The largest absolute Gasteiger partial charge is 0.419 e. The van der Waals surface area contributed by atoms with E-state index in [0.29, 0.717) is 0 Å². The summed E-state index contributed by atoms with van der Waals surface area (Å²) in [5.74, 6) is 0. The molecule has 0 bridgehead atoms. The maximum Gasteiger partial charge on any atom is 0.376 e.